The Kier molecular flexibility index (Phi) is 7.17. The van der Waals surface area contributed by atoms with Crippen molar-refractivity contribution in [1.29, 1.82) is 0 Å². The van der Waals surface area contributed by atoms with Gasteiger partial charge in [-0.2, -0.15) is 9.61 Å². The maximum Gasteiger partial charge on any atom is 0.151 e. The van der Waals surface area contributed by atoms with Gasteiger partial charge < -0.3 is 5.32 Å². The van der Waals surface area contributed by atoms with Gasteiger partial charge in [0.15, 0.2) is 5.65 Å². The van der Waals surface area contributed by atoms with Crippen LogP contribution >= 0.6 is 11.6 Å². The summed E-state index contributed by atoms with van der Waals surface area (Å²) in [6, 6.07) is 29.5. The van der Waals surface area contributed by atoms with Crippen molar-refractivity contribution < 1.29 is 0 Å². The molecular formula is C31H31BClN5. The van der Waals surface area contributed by atoms with Crippen molar-refractivity contribution >= 4 is 36.4 Å². The quantitative estimate of drug-likeness (QED) is 0.296. The molecule has 6 rings (SSSR count). The van der Waals surface area contributed by atoms with Crippen molar-refractivity contribution in [3.63, 3.8) is 0 Å². The Balaban J connectivity index is 1.14. The maximum absolute atomic E-state index is 6.51. The van der Waals surface area contributed by atoms with Crippen molar-refractivity contribution in [3.8, 4) is 22.4 Å². The van der Waals surface area contributed by atoms with Gasteiger partial charge in [-0.05, 0) is 53.5 Å². The van der Waals surface area contributed by atoms with Gasteiger partial charge in [0.25, 0.3) is 0 Å². The third-order valence-electron chi connectivity index (χ3n) is 7.44. The van der Waals surface area contributed by atoms with Crippen LogP contribution in [-0.2, 0) is 6.54 Å². The molecule has 3 heterocycles. The van der Waals surface area contributed by atoms with Gasteiger partial charge in [-0.25, -0.2) is 4.98 Å². The number of benzene rings is 3. The van der Waals surface area contributed by atoms with E-state index in [4.69, 9.17) is 16.6 Å². The topological polar surface area (TPSA) is 45.5 Å². The number of nitrogens with one attached hydrogen (secondary N) is 1. The van der Waals surface area contributed by atoms with Crippen LogP contribution < -0.4 is 10.8 Å². The van der Waals surface area contributed by atoms with Crippen LogP contribution in [0.25, 0.3) is 28.0 Å². The number of likely N-dealkylation sites (tertiary alicyclic amines) is 1. The first-order valence-corrected chi connectivity index (χ1v) is 13.7. The summed E-state index contributed by atoms with van der Waals surface area (Å²) < 4.78 is 1.91. The van der Waals surface area contributed by atoms with Gasteiger partial charge in [-0.3, -0.25) is 4.90 Å². The largest absolute Gasteiger partial charge is 0.370 e. The van der Waals surface area contributed by atoms with E-state index in [9.17, 15) is 0 Å². The fourth-order valence-corrected chi connectivity index (χ4v) is 5.64. The number of halogens is 1. The summed E-state index contributed by atoms with van der Waals surface area (Å²) in [5, 5.41) is 8.99. The average molecular weight is 520 g/mol. The van der Waals surface area contributed by atoms with Crippen molar-refractivity contribution in [2.75, 3.05) is 25.0 Å². The van der Waals surface area contributed by atoms with Crippen molar-refractivity contribution in [2.45, 2.75) is 19.4 Å². The SMILES string of the molecule is Bc1cnn2c(NCC3CCCN(Cc4ccc(-c5ccccc5)cc4)C3)cc(-c3ccccc3Cl)nc12. The van der Waals surface area contributed by atoms with Crippen molar-refractivity contribution in [2.24, 2.45) is 5.92 Å². The van der Waals surface area contributed by atoms with Crippen LogP contribution in [-0.4, -0.2) is 47.0 Å². The van der Waals surface area contributed by atoms with Crippen LogP contribution in [0.2, 0.25) is 5.02 Å². The molecular weight excluding hydrogens is 489 g/mol. The van der Waals surface area contributed by atoms with Crippen LogP contribution in [0.4, 0.5) is 5.82 Å². The monoisotopic (exact) mass is 519 g/mol. The molecule has 190 valence electrons. The second-order valence-electron chi connectivity index (χ2n) is 10.3. The van der Waals surface area contributed by atoms with Crippen LogP contribution in [0.5, 0.6) is 0 Å². The predicted molar refractivity (Wildman–Crippen MR) is 160 cm³/mol. The lowest BCUT2D eigenvalue weighted by molar-refractivity contribution is 0.173. The Labute approximate surface area is 229 Å². The molecule has 0 aliphatic carbocycles. The van der Waals surface area contributed by atoms with Crippen LogP contribution in [0.3, 0.4) is 0 Å². The molecule has 5 nitrogen and oxygen atoms in total. The molecule has 38 heavy (non-hydrogen) atoms. The highest BCUT2D eigenvalue weighted by Gasteiger charge is 2.21. The number of hydrogen-bond donors (Lipinski definition) is 1. The molecule has 1 atom stereocenters. The van der Waals surface area contributed by atoms with Crippen LogP contribution in [0.15, 0.2) is 91.1 Å². The maximum atomic E-state index is 6.51. The Morgan fingerprint density at radius 1 is 0.947 bits per heavy atom. The van der Waals surface area contributed by atoms with Gasteiger partial charge in [-0.1, -0.05) is 84.4 Å². The number of anilines is 1. The first-order chi connectivity index (χ1) is 18.6. The van der Waals surface area contributed by atoms with Crippen molar-refractivity contribution in [1.82, 2.24) is 19.5 Å². The molecule has 0 bridgehead atoms. The summed E-state index contributed by atoms with van der Waals surface area (Å²) in [7, 11) is 2.04. The first-order valence-electron chi connectivity index (χ1n) is 13.3. The van der Waals surface area contributed by atoms with Gasteiger partial charge in [-0.15, -0.1) is 0 Å². The smallest absolute Gasteiger partial charge is 0.151 e. The number of aromatic nitrogens is 3. The number of nitrogens with zero attached hydrogens (tertiary/aromatic N) is 4. The lowest BCUT2D eigenvalue weighted by atomic mass is 9.97. The molecule has 7 heteroatoms. The number of rotatable bonds is 7. The minimum Gasteiger partial charge on any atom is -0.370 e. The molecule has 2 aromatic heterocycles. The van der Waals surface area contributed by atoms with E-state index < -0.39 is 0 Å². The predicted octanol–water partition coefficient (Wildman–Crippen LogP) is 5.30. The van der Waals surface area contributed by atoms with Crippen LogP contribution in [0.1, 0.15) is 18.4 Å². The lowest BCUT2D eigenvalue weighted by Crippen LogP contribution is -2.37. The van der Waals surface area contributed by atoms with Gasteiger partial charge in [0.1, 0.15) is 13.7 Å². The van der Waals surface area contributed by atoms with E-state index in [1.807, 2.05) is 42.8 Å². The number of hydrogen-bond acceptors (Lipinski definition) is 4. The minimum absolute atomic E-state index is 0.566. The zero-order valence-corrected chi connectivity index (χ0v) is 22.4. The zero-order valence-electron chi connectivity index (χ0n) is 21.6. The summed E-state index contributed by atoms with van der Waals surface area (Å²) in [6.45, 7) is 4.10. The van der Waals surface area contributed by atoms with Crippen LogP contribution in [0, 0.1) is 5.92 Å². The van der Waals surface area contributed by atoms with E-state index in [0.717, 1.165) is 54.4 Å². The van der Waals surface area contributed by atoms with E-state index in [2.05, 4.69) is 76.0 Å². The third-order valence-corrected chi connectivity index (χ3v) is 7.77. The number of fused-ring (bicyclic) bond motifs is 1. The summed E-state index contributed by atoms with van der Waals surface area (Å²) in [5.74, 6) is 1.52. The van der Waals surface area contributed by atoms with Gasteiger partial charge in [0, 0.05) is 42.5 Å². The summed E-state index contributed by atoms with van der Waals surface area (Å²) in [5.41, 5.74) is 7.59. The molecule has 3 aromatic carbocycles. The average Bonchev–Trinajstić information content (AvgIpc) is 3.33. The molecule has 1 fully saturated rings. The molecule has 1 aliphatic rings. The second-order valence-corrected chi connectivity index (χ2v) is 10.7. The van der Waals surface area contributed by atoms with Gasteiger partial charge in [0.2, 0.25) is 0 Å². The Bertz CT molecular complexity index is 1530. The molecule has 0 radical (unpaired) electrons. The third kappa shape index (κ3) is 5.33. The van der Waals surface area contributed by atoms with Crippen molar-refractivity contribution in [3.05, 3.63) is 102 Å². The zero-order chi connectivity index (χ0) is 25.9. The molecule has 1 N–H and O–H groups in total. The molecule has 0 saturated carbocycles. The number of piperidine rings is 1. The Hall–Kier alpha value is -3.61. The fraction of sp³-hybridized carbons (Fsp3) is 0.226. The highest BCUT2D eigenvalue weighted by Crippen LogP contribution is 2.29. The Morgan fingerprint density at radius 2 is 1.71 bits per heavy atom. The normalized spacial score (nSPS) is 16.1. The van der Waals surface area contributed by atoms with E-state index in [0.29, 0.717) is 10.9 Å². The van der Waals surface area contributed by atoms with Gasteiger partial charge in [0.05, 0.1) is 5.69 Å². The molecule has 1 unspecified atom stereocenters. The summed E-state index contributed by atoms with van der Waals surface area (Å²) in [4.78, 5) is 7.46. The summed E-state index contributed by atoms with van der Waals surface area (Å²) >= 11 is 6.51. The van der Waals surface area contributed by atoms with Gasteiger partial charge >= 0.3 is 0 Å². The minimum atomic E-state index is 0.566. The highest BCUT2D eigenvalue weighted by molar-refractivity contribution is 6.36. The molecule has 5 aromatic rings. The molecule has 1 saturated heterocycles. The van der Waals surface area contributed by atoms with E-state index in [1.165, 1.54) is 29.5 Å². The Morgan fingerprint density at radius 3 is 2.53 bits per heavy atom. The second kappa shape index (κ2) is 11.0. The molecule has 0 amide bonds. The standard InChI is InChI=1S/C31H31BClN5/c32-27-19-35-38-30(17-29(36-31(27)38)26-10-4-5-11-28(26)33)34-18-23-7-6-16-37(21-23)20-22-12-14-25(15-13-22)24-8-2-1-3-9-24/h1-5,8-15,17,19,23,34H,6-7,16,18,20-21,32H2. The fourth-order valence-electron chi connectivity index (χ4n) is 5.41. The lowest BCUT2D eigenvalue weighted by Gasteiger charge is -2.33. The molecule has 0 spiro atoms. The summed E-state index contributed by atoms with van der Waals surface area (Å²) in [6.07, 6.45) is 4.31. The molecule has 1 aliphatic heterocycles. The highest BCUT2D eigenvalue weighted by atomic mass is 35.5. The van der Waals surface area contributed by atoms with E-state index in [-0.39, 0.29) is 0 Å². The first kappa shape index (κ1) is 24.7. The van der Waals surface area contributed by atoms with E-state index >= 15 is 0 Å². The van der Waals surface area contributed by atoms with E-state index in [1.54, 1.807) is 0 Å².